The van der Waals surface area contributed by atoms with E-state index in [4.69, 9.17) is 11.6 Å². The van der Waals surface area contributed by atoms with Gasteiger partial charge in [-0.15, -0.1) is 36.2 Å². The number of halogens is 3. The van der Waals surface area contributed by atoms with Crippen molar-refractivity contribution in [2.45, 2.75) is 25.9 Å². The molecule has 0 bridgehead atoms. The number of benzene rings is 1. The summed E-state index contributed by atoms with van der Waals surface area (Å²) in [7, 11) is 0. The second-order valence-electron chi connectivity index (χ2n) is 5.53. The molecule has 1 amide bonds. The summed E-state index contributed by atoms with van der Waals surface area (Å²) in [4.78, 5) is 19.1. The third-order valence-corrected chi connectivity index (χ3v) is 5.25. The number of thiazole rings is 1. The van der Waals surface area contributed by atoms with Crippen LogP contribution in [-0.2, 0) is 0 Å². The van der Waals surface area contributed by atoms with E-state index >= 15 is 0 Å². The van der Waals surface area contributed by atoms with E-state index in [0.29, 0.717) is 16.8 Å². The van der Waals surface area contributed by atoms with E-state index in [2.05, 4.69) is 24.1 Å². The molecule has 24 heavy (non-hydrogen) atoms. The Kier molecular flexibility index (Phi) is 7.96. The molecule has 4 nitrogen and oxygen atoms in total. The summed E-state index contributed by atoms with van der Waals surface area (Å²) in [5.41, 5.74) is 1.51. The minimum absolute atomic E-state index is 0. The Balaban J connectivity index is 0.00000144. The maximum Gasteiger partial charge on any atom is 0.273 e. The average Bonchev–Trinajstić information content (AvgIpc) is 3.00. The molecular weight excluding hydrogens is 389 g/mol. The molecule has 1 aromatic carbocycles. The standard InChI is InChI=1S/C16H18ClN3OS.2ClH/c1-10-11(2)20(8-7-18-10)16(21)14-9-22-15(19-14)12-3-5-13(17)6-4-12;;/h3-6,9-11,18H,7-8H2,1-2H3;2*1H. The third kappa shape index (κ3) is 4.41. The predicted octanol–water partition coefficient (Wildman–Crippen LogP) is 4.13. The number of piperazine rings is 1. The number of nitrogens with one attached hydrogen (secondary N) is 1. The highest BCUT2D eigenvalue weighted by Gasteiger charge is 2.29. The molecule has 2 heterocycles. The lowest BCUT2D eigenvalue weighted by Crippen LogP contribution is -2.57. The van der Waals surface area contributed by atoms with Crippen molar-refractivity contribution in [2.75, 3.05) is 13.1 Å². The Morgan fingerprint density at radius 2 is 1.96 bits per heavy atom. The van der Waals surface area contributed by atoms with Crippen molar-refractivity contribution in [3.05, 3.63) is 40.4 Å². The van der Waals surface area contributed by atoms with E-state index in [1.165, 1.54) is 11.3 Å². The van der Waals surface area contributed by atoms with Crippen LogP contribution in [0, 0.1) is 0 Å². The molecule has 8 heteroatoms. The van der Waals surface area contributed by atoms with Crippen LogP contribution in [0.2, 0.25) is 5.02 Å². The van der Waals surface area contributed by atoms with Gasteiger partial charge >= 0.3 is 0 Å². The van der Waals surface area contributed by atoms with Crippen LogP contribution in [-0.4, -0.2) is 41.0 Å². The molecule has 132 valence electrons. The Bertz CT molecular complexity index is 677. The van der Waals surface area contributed by atoms with Gasteiger partial charge in [0, 0.05) is 41.1 Å². The summed E-state index contributed by atoms with van der Waals surface area (Å²) in [5.74, 6) is 0.0114. The largest absolute Gasteiger partial charge is 0.332 e. The highest BCUT2D eigenvalue weighted by atomic mass is 35.5. The quantitative estimate of drug-likeness (QED) is 0.812. The lowest BCUT2D eigenvalue weighted by Gasteiger charge is -2.38. The van der Waals surface area contributed by atoms with Crippen molar-refractivity contribution >= 4 is 53.7 Å². The maximum atomic E-state index is 12.7. The van der Waals surface area contributed by atoms with Crippen molar-refractivity contribution in [1.29, 1.82) is 0 Å². The minimum atomic E-state index is 0. The minimum Gasteiger partial charge on any atom is -0.332 e. The van der Waals surface area contributed by atoms with Crippen molar-refractivity contribution in [2.24, 2.45) is 0 Å². The van der Waals surface area contributed by atoms with Crippen molar-refractivity contribution in [3.8, 4) is 10.6 Å². The van der Waals surface area contributed by atoms with Crippen LogP contribution in [0.15, 0.2) is 29.6 Å². The molecule has 1 fully saturated rings. The average molecular weight is 409 g/mol. The smallest absolute Gasteiger partial charge is 0.273 e. The van der Waals surface area contributed by atoms with Gasteiger partial charge in [0.25, 0.3) is 5.91 Å². The fourth-order valence-electron chi connectivity index (χ4n) is 2.59. The van der Waals surface area contributed by atoms with Gasteiger partial charge in [0.05, 0.1) is 0 Å². The summed E-state index contributed by atoms with van der Waals surface area (Å²) in [6, 6.07) is 7.98. The number of carbonyl (C=O) groups excluding carboxylic acids is 1. The topological polar surface area (TPSA) is 45.2 Å². The van der Waals surface area contributed by atoms with E-state index in [0.717, 1.165) is 23.7 Å². The zero-order valence-electron chi connectivity index (χ0n) is 13.4. The normalized spacial score (nSPS) is 20.0. The van der Waals surface area contributed by atoms with Gasteiger partial charge in [-0.3, -0.25) is 4.79 Å². The molecule has 2 atom stereocenters. The predicted molar refractivity (Wildman–Crippen MR) is 105 cm³/mol. The van der Waals surface area contributed by atoms with Gasteiger partial charge in [-0.1, -0.05) is 23.7 Å². The van der Waals surface area contributed by atoms with Gasteiger partial charge in [0.15, 0.2) is 0 Å². The van der Waals surface area contributed by atoms with Crippen LogP contribution in [0.5, 0.6) is 0 Å². The van der Waals surface area contributed by atoms with Gasteiger partial charge < -0.3 is 10.2 Å². The summed E-state index contributed by atoms with van der Waals surface area (Å²) < 4.78 is 0. The molecule has 1 N–H and O–H groups in total. The highest BCUT2D eigenvalue weighted by molar-refractivity contribution is 7.13. The van der Waals surface area contributed by atoms with Gasteiger partial charge in [-0.25, -0.2) is 4.98 Å². The van der Waals surface area contributed by atoms with Gasteiger partial charge in [0.1, 0.15) is 10.7 Å². The second-order valence-corrected chi connectivity index (χ2v) is 6.82. The van der Waals surface area contributed by atoms with E-state index in [-0.39, 0.29) is 36.8 Å². The SMILES string of the molecule is CC1NCCN(C(=O)c2csc(-c3ccc(Cl)cc3)n2)C1C.Cl.Cl. The summed E-state index contributed by atoms with van der Waals surface area (Å²) in [6.45, 7) is 5.72. The van der Waals surface area contributed by atoms with Crippen LogP contribution in [0.25, 0.3) is 10.6 Å². The molecule has 0 spiro atoms. The third-order valence-electron chi connectivity index (χ3n) is 4.11. The van der Waals surface area contributed by atoms with Crippen molar-refractivity contribution in [1.82, 2.24) is 15.2 Å². The molecule has 1 saturated heterocycles. The Hall–Kier alpha value is -0.850. The monoisotopic (exact) mass is 407 g/mol. The Morgan fingerprint density at radius 1 is 1.29 bits per heavy atom. The number of aromatic nitrogens is 1. The van der Waals surface area contributed by atoms with Crippen LogP contribution in [0.3, 0.4) is 0 Å². The number of hydrogen-bond donors (Lipinski definition) is 1. The number of carbonyl (C=O) groups is 1. The molecule has 0 saturated carbocycles. The van der Waals surface area contributed by atoms with E-state index in [1.807, 2.05) is 34.5 Å². The number of amides is 1. The summed E-state index contributed by atoms with van der Waals surface area (Å²) in [6.07, 6.45) is 0. The first kappa shape index (κ1) is 21.2. The zero-order valence-corrected chi connectivity index (χ0v) is 16.6. The Morgan fingerprint density at radius 3 is 2.62 bits per heavy atom. The zero-order chi connectivity index (χ0) is 15.7. The first-order valence-corrected chi connectivity index (χ1v) is 8.58. The number of rotatable bonds is 2. The lowest BCUT2D eigenvalue weighted by atomic mass is 10.1. The summed E-state index contributed by atoms with van der Waals surface area (Å²) >= 11 is 7.39. The van der Waals surface area contributed by atoms with Crippen molar-refractivity contribution in [3.63, 3.8) is 0 Å². The molecule has 1 aliphatic rings. The molecule has 3 rings (SSSR count). The van der Waals surface area contributed by atoms with Gasteiger partial charge in [0.2, 0.25) is 0 Å². The molecule has 1 aliphatic heterocycles. The van der Waals surface area contributed by atoms with Crippen LogP contribution < -0.4 is 5.32 Å². The number of hydrogen-bond acceptors (Lipinski definition) is 4. The molecule has 2 aromatic rings. The second kappa shape index (κ2) is 9.02. The van der Waals surface area contributed by atoms with E-state index < -0.39 is 0 Å². The molecular formula is C16H20Cl3N3OS. The number of nitrogens with zero attached hydrogens (tertiary/aromatic N) is 2. The maximum absolute atomic E-state index is 12.7. The molecule has 2 unspecified atom stereocenters. The van der Waals surface area contributed by atoms with Crippen LogP contribution >= 0.6 is 47.8 Å². The van der Waals surface area contributed by atoms with Crippen LogP contribution in [0.1, 0.15) is 24.3 Å². The first-order valence-electron chi connectivity index (χ1n) is 7.32. The lowest BCUT2D eigenvalue weighted by molar-refractivity contribution is 0.0598. The Labute approximate surface area is 163 Å². The fraction of sp³-hybridized carbons (Fsp3) is 0.375. The fourth-order valence-corrected chi connectivity index (χ4v) is 3.51. The highest BCUT2D eigenvalue weighted by Crippen LogP contribution is 2.26. The summed E-state index contributed by atoms with van der Waals surface area (Å²) in [5, 5.41) is 6.76. The van der Waals surface area contributed by atoms with Gasteiger partial charge in [-0.05, 0) is 26.0 Å². The molecule has 0 radical (unpaired) electrons. The molecule has 1 aromatic heterocycles. The first-order chi connectivity index (χ1) is 10.6. The van der Waals surface area contributed by atoms with Crippen LogP contribution in [0.4, 0.5) is 0 Å². The van der Waals surface area contributed by atoms with Gasteiger partial charge in [-0.2, -0.15) is 0 Å². The molecule has 0 aliphatic carbocycles. The van der Waals surface area contributed by atoms with E-state index in [9.17, 15) is 4.79 Å². The van der Waals surface area contributed by atoms with E-state index in [1.54, 1.807) is 0 Å². The van der Waals surface area contributed by atoms with Crippen molar-refractivity contribution < 1.29 is 4.79 Å².